The van der Waals surface area contributed by atoms with Crippen molar-refractivity contribution >= 4 is 28.3 Å². The van der Waals surface area contributed by atoms with E-state index >= 15 is 0 Å². The molecule has 0 radical (unpaired) electrons. The van der Waals surface area contributed by atoms with E-state index in [1.54, 1.807) is 16.2 Å². The number of aromatic amines is 1. The number of nitrogens with zero attached hydrogens (tertiary/aromatic N) is 3. The Labute approximate surface area is 149 Å². The first kappa shape index (κ1) is 16.2. The lowest BCUT2D eigenvalue weighted by Gasteiger charge is -2.34. The maximum atomic E-state index is 14.3. The molecule has 1 aliphatic rings. The quantitative estimate of drug-likeness (QED) is 0.780. The van der Waals surface area contributed by atoms with E-state index in [0.717, 1.165) is 26.1 Å². The Hall–Kier alpha value is -2.25. The number of aromatic nitrogens is 2. The first-order chi connectivity index (χ1) is 12.2. The van der Waals surface area contributed by atoms with Gasteiger partial charge in [-0.05, 0) is 23.9 Å². The number of hydrogen-bond donors (Lipinski definition) is 1. The molecule has 0 bridgehead atoms. The molecule has 1 aliphatic heterocycles. The molecule has 3 aromatic rings. The molecule has 0 spiro atoms. The second-order valence-corrected chi connectivity index (χ2v) is 7.25. The van der Waals surface area contributed by atoms with Crippen LogP contribution in [0.5, 0.6) is 0 Å². The Kier molecular flexibility index (Phi) is 4.50. The molecule has 0 aliphatic carbocycles. The lowest BCUT2D eigenvalue weighted by Crippen LogP contribution is -2.49. The van der Waals surface area contributed by atoms with Crippen LogP contribution in [0.1, 0.15) is 15.2 Å². The molecule has 1 fully saturated rings. The van der Waals surface area contributed by atoms with Gasteiger partial charge < -0.3 is 9.88 Å². The van der Waals surface area contributed by atoms with Gasteiger partial charge in [-0.25, -0.2) is 9.37 Å². The Morgan fingerprint density at radius 1 is 1.28 bits per heavy atom. The van der Waals surface area contributed by atoms with Gasteiger partial charge in [-0.2, -0.15) is 0 Å². The third-order valence-corrected chi connectivity index (χ3v) is 5.59. The van der Waals surface area contributed by atoms with Crippen LogP contribution in [0, 0.1) is 5.82 Å². The highest BCUT2D eigenvalue weighted by molar-refractivity contribution is 7.09. The second kappa shape index (κ2) is 6.93. The summed E-state index contributed by atoms with van der Waals surface area (Å²) in [5, 5.41) is 2.09. The van der Waals surface area contributed by atoms with Gasteiger partial charge in [0, 0.05) is 43.7 Å². The molecule has 1 saturated heterocycles. The SMILES string of the molecule is O=C(c1cc2nc[nH]c2cc1F)N1CCN(CCc2cccs2)CC1. The molecule has 0 saturated carbocycles. The van der Waals surface area contributed by atoms with Crippen LogP contribution >= 0.6 is 11.3 Å². The van der Waals surface area contributed by atoms with Gasteiger partial charge in [-0.1, -0.05) is 6.07 Å². The molecule has 130 valence electrons. The number of thiophene rings is 1. The molecule has 1 N–H and O–H groups in total. The van der Waals surface area contributed by atoms with Crippen molar-refractivity contribution in [3.05, 3.63) is 52.2 Å². The van der Waals surface area contributed by atoms with Crippen LogP contribution in [0.25, 0.3) is 11.0 Å². The van der Waals surface area contributed by atoms with Crippen LogP contribution in [0.15, 0.2) is 36.0 Å². The largest absolute Gasteiger partial charge is 0.345 e. The topological polar surface area (TPSA) is 52.2 Å². The van der Waals surface area contributed by atoms with Gasteiger partial charge in [-0.15, -0.1) is 11.3 Å². The normalized spacial score (nSPS) is 15.8. The number of fused-ring (bicyclic) bond motifs is 1. The number of H-pyrrole nitrogens is 1. The van der Waals surface area contributed by atoms with E-state index in [1.165, 1.54) is 23.3 Å². The van der Waals surface area contributed by atoms with Crippen molar-refractivity contribution in [2.24, 2.45) is 0 Å². The van der Waals surface area contributed by atoms with E-state index in [4.69, 9.17) is 0 Å². The Morgan fingerprint density at radius 3 is 2.88 bits per heavy atom. The van der Waals surface area contributed by atoms with E-state index in [-0.39, 0.29) is 11.5 Å². The van der Waals surface area contributed by atoms with Gasteiger partial charge in [0.15, 0.2) is 0 Å². The van der Waals surface area contributed by atoms with Crippen molar-refractivity contribution in [2.75, 3.05) is 32.7 Å². The molecule has 25 heavy (non-hydrogen) atoms. The highest BCUT2D eigenvalue weighted by atomic mass is 32.1. The fourth-order valence-corrected chi connectivity index (χ4v) is 3.89. The second-order valence-electron chi connectivity index (χ2n) is 6.21. The maximum absolute atomic E-state index is 14.3. The number of nitrogens with one attached hydrogen (secondary N) is 1. The molecule has 2 aromatic heterocycles. The van der Waals surface area contributed by atoms with E-state index in [9.17, 15) is 9.18 Å². The van der Waals surface area contributed by atoms with Crippen molar-refractivity contribution in [2.45, 2.75) is 6.42 Å². The van der Waals surface area contributed by atoms with Crippen molar-refractivity contribution in [1.29, 1.82) is 0 Å². The van der Waals surface area contributed by atoms with Gasteiger partial charge in [-0.3, -0.25) is 9.69 Å². The summed E-state index contributed by atoms with van der Waals surface area (Å²) in [7, 11) is 0. The fraction of sp³-hybridized carbons (Fsp3) is 0.333. The van der Waals surface area contributed by atoms with Crippen molar-refractivity contribution in [1.82, 2.24) is 19.8 Å². The predicted molar refractivity (Wildman–Crippen MR) is 96.4 cm³/mol. The minimum absolute atomic E-state index is 0.103. The minimum Gasteiger partial charge on any atom is -0.345 e. The third-order valence-electron chi connectivity index (χ3n) is 4.65. The standard InChI is InChI=1S/C18H19FN4OS/c19-15-11-17-16(20-12-21-17)10-14(15)18(24)23-7-5-22(6-8-23)4-3-13-2-1-9-25-13/h1-2,9-12H,3-8H2,(H,20,21). The molecule has 4 rings (SSSR count). The van der Waals surface area contributed by atoms with Crippen molar-refractivity contribution in [3.63, 3.8) is 0 Å². The van der Waals surface area contributed by atoms with Gasteiger partial charge in [0.2, 0.25) is 0 Å². The van der Waals surface area contributed by atoms with Crippen molar-refractivity contribution < 1.29 is 9.18 Å². The lowest BCUT2D eigenvalue weighted by molar-refractivity contribution is 0.0634. The zero-order valence-corrected chi connectivity index (χ0v) is 14.6. The van der Waals surface area contributed by atoms with Crippen LogP contribution in [0.3, 0.4) is 0 Å². The van der Waals surface area contributed by atoms with E-state index in [2.05, 4.69) is 32.4 Å². The summed E-state index contributed by atoms with van der Waals surface area (Å²) < 4.78 is 14.3. The molecular weight excluding hydrogens is 339 g/mol. The molecular formula is C18H19FN4OS. The van der Waals surface area contributed by atoms with E-state index in [1.807, 2.05) is 0 Å². The lowest BCUT2D eigenvalue weighted by atomic mass is 10.1. The first-order valence-electron chi connectivity index (χ1n) is 8.37. The number of rotatable bonds is 4. The van der Waals surface area contributed by atoms with Crippen LogP contribution in [-0.2, 0) is 6.42 Å². The zero-order chi connectivity index (χ0) is 17.2. The molecule has 5 nitrogen and oxygen atoms in total. The van der Waals surface area contributed by atoms with Crippen LogP contribution < -0.4 is 0 Å². The summed E-state index contributed by atoms with van der Waals surface area (Å²) >= 11 is 1.78. The third kappa shape index (κ3) is 3.43. The zero-order valence-electron chi connectivity index (χ0n) is 13.7. The number of hydrogen-bond acceptors (Lipinski definition) is 4. The van der Waals surface area contributed by atoms with Gasteiger partial charge in [0.1, 0.15) is 5.82 Å². The van der Waals surface area contributed by atoms with E-state index in [0.29, 0.717) is 24.1 Å². The smallest absolute Gasteiger partial charge is 0.256 e. The summed E-state index contributed by atoms with van der Waals surface area (Å²) in [6.07, 6.45) is 2.54. The number of imidazole rings is 1. The molecule has 3 heterocycles. The maximum Gasteiger partial charge on any atom is 0.256 e. The van der Waals surface area contributed by atoms with Gasteiger partial charge in [0.25, 0.3) is 5.91 Å². The summed E-state index contributed by atoms with van der Waals surface area (Å²) in [5.41, 5.74) is 1.32. The summed E-state index contributed by atoms with van der Waals surface area (Å²) in [5.74, 6) is -0.748. The number of carbonyl (C=O) groups is 1. The Bertz CT molecular complexity index is 868. The van der Waals surface area contributed by atoms with Crippen LogP contribution in [0.2, 0.25) is 0 Å². The number of amides is 1. The Balaban J connectivity index is 1.37. The van der Waals surface area contributed by atoms with E-state index < -0.39 is 5.82 Å². The number of halogens is 1. The molecule has 1 aromatic carbocycles. The van der Waals surface area contributed by atoms with Gasteiger partial charge >= 0.3 is 0 Å². The Morgan fingerprint density at radius 2 is 2.12 bits per heavy atom. The highest BCUT2D eigenvalue weighted by Gasteiger charge is 2.24. The molecule has 0 atom stereocenters. The summed E-state index contributed by atoms with van der Waals surface area (Å²) in [4.78, 5) is 25.1. The minimum atomic E-state index is -0.498. The molecule has 1 amide bonds. The predicted octanol–water partition coefficient (Wildman–Crippen LogP) is 2.76. The number of benzene rings is 1. The highest BCUT2D eigenvalue weighted by Crippen LogP contribution is 2.19. The monoisotopic (exact) mass is 358 g/mol. The van der Waals surface area contributed by atoms with Crippen LogP contribution in [0.4, 0.5) is 4.39 Å². The summed E-state index contributed by atoms with van der Waals surface area (Å²) in [6.45, 7) is 3.89. The van der Waals surface area contributed by atoms with Crippen molar-refractivity contribution in [3.8, 4) is 0 Å². The average molecular weight is 358 g/mol. The number of piperazine rings is 1. The number of carbonyl (C=O) groups excluding carboxylic acids is 1. The molecule has 7 heteroatoms. The first-order valence-corrected chi connectivity index (χ1v) is 9.25. The molecule has 0 unspecified atom stereocenters. The summed E-state index contributed by atoms with van der Waals surface area (Å²) in [6, 6.07) is 7.10. The fourth-order valence-electron chi connectivity index (χ4n) is 3.19. The van der Waals surface area contributed by atoms with Gasteiger partial charge in [0.05, 0.1) is 22.9 Å². The van der Waals surface area contributed by atoms with Crippen LogP contribution in [-0.4, -0.2) is 58.4 Å². The average Bonchev–Trinajstić information content (AvgIpc) is 3.30.